The Morgan fingerprint density at radius 3 is 2.87 bits per heavy atom. The van der Waals surface area contributed by atoms with Gasteiger partial charge in [0.2, 0.25) is 0 Å². The third kappa shape index (κ3) is 3.87. The summed E-state index contributed by atoms with van der Waals surface area (Å²) < 4.78 is 0.727. The zero-order valence-electron chi connectivity index (χ0n) is 7.96. The van der Waals surface area contributed by atoms with Gasteiger partial charge in [-0.25, -0.2) is 0 Å². The zero-order chi connectivity index (χ0) is 11.3. The van der Waals surface area contributed by atoms with Crippen molar-refractivity contribution in [3.8, 4) is 5.75 Å². The lowest BCUT2D eigenvalue weighted by Crippen LogP contribution is -2.24. The Bertz CT molecular complexity index is 357. The Morgan fingerprint density at radius 2 is 2.27 bits per heavy atom. The van der Waals surface area contributed by atoms with Crippen LogP contribution in [0, 0.1) is 3.57 Å². The average molecular weight is 340 g/mol. The highest BCUT2D eigenvalue weighted by molar-refractivity contribution is 14.1. The molecule has 1 aromatic rings. The molecule has 0 bridgehead atoms. The largest absolute Gasteiger partial charge is 0.507 e. The van der Waals surface area contributed by atoms with Crippen molar-refractivity contribution >= 4 is 40.1 Å². The Balaban J connectivity index is 2.62. The van der Waals surface area contributed by atoms with Gasteiger partial charge in [-0.2, -0.15) is 0 Å². The van der Waals surface area contributed by atoms with Crippen LogP contribution in [0.3, 0.4) is 0 Å². The minimum atomic E-state index is -0.188. The molecule has 0 aromatic heterocycles. The standard InChI is InChI=1S/C10H11ClINO2/c11-4-1-5-13-10(15)7-2-3-8(12)9(14)6-7/h2-3,6,14H,1,4-5H2,(H,13,15). The first-order chi connectivity index (χ1) is 7.15. The summed E-state index contributed by atoms with van der Waals surface area (Å²) >= 11 is 7.48. The van der Waals surface area contributed by atoms with E-state index in [1.54, 1.807) is 12.1 Å². The molecule has 5 heteroatoms. The number of carbonyl (C=O) groups excluding carboxylic acids is 1. The van der Waals surface area contributed by atoms with Crippen LogP contribution >= 0.6 is 34.2 Å². The van der Waals surface area contributed by atoms with E-state index in [0.717, 1.165) is 9.99 Å². The van der Waals surface area contributed by atoms with E-state index in [4.69, 9.17) is 11.6 Å². The van der Waals surface area contributed by atoms with E-state index in [2.05, 4.69) is 5.32 Å². The fourth-order valence-electron chi connectivity index (χ4n) is 1.02. The van der Waals surface area contributed by atoms with Crippen LogP contribution in [0.15, 0.2) is 18.2 Å². The van der Waals surface area contributed by atoms with E-state index < -0.39 is 0 Å². The molecule has 0 aliphatic carbocycles. The van der Waals surface area contributed by atoms with Gasteiger partial charge in [0.05, 0.1) is 3.57 Å². The maximum absolute atomic E-state index is 11.5. The molecule has 1 rings (SSSR count). The summed E-state index contributed by atoms with van der Waals surface area (Å²) in [6, 6.07) is 4.84. The van der Waals surface area contributed by atoms with Gasteiger partial charge in [0.15, 0.2) is 0 Å². The highest BCUT2D eigenvalue weighted by atomic mass is 127. The molecule has 0 unspecified atom stereocenters. The van der Waals surface area contributed by atoms with Crippen LogP contribution in [0.5, 0.6) is 5.75 Å². The minimum Gasteiger partial charge on any atom is -0.507 e. The lowest BCUT2D eigenvalue weighted by Gasteiger charge is -2.04. The average Bonchev–Trinajstić information content (AvgIpc) is 2.22. The van der Waals surface area contributed by atoms with Crippen molar-refractivity contribution in [1.29, 1.82) is 0 Å². The van der Waals surface area contributed by atoms with Crippen molar-refractivity contribution in [2.75, 3.05) is 12.4 Å². The highest BCUT2D eigenvalue weighted by Gasteiger charge is 2.06. The van der Waals surface area contributed by atoms with Gasteiger partial charge in [0.25, 0.3) is 5.91 Å². The molecular formula is C10H11ClINO2. The normalized spacial score (nSPS) is 10.0. The summed E-state index contributed by atoms with van der Waals surface area (Å²) in [5.74, 6) is 0.463. The van der Waals surface area contributed by atoms with Gasteiger partial charge in [0.1, 0.15) is 5.75 Å². The summed E-state index contributed by atoms with van der Waals surface area (Å²) in [6.45, 7) is 0.551. The number of alkyl halides is 1. The predicted molar refractivity (Wildman–Crippen MR) is 68.5 cm³/mol. The summed E-state index contributed by atoms with van der Waals surface area (Å²) in [7, 11) is 0. The third-order valence-electron chi connectivity index (χ3n) is 1.80. The van der Waals surface area contributed by atoms with E-state index in [-0.39, 0.29) is 11.7 Å². The molecule has 82 valence electrons. The van der Waals surface area contributed by atoms with Crippen molar-refractivity contribution in [2.45, 2.75) is 6.42 Å². The molecule has 2 N–H and O–H groups in total. The fraction of sp³-hybridized carbons (Fsp3) is 0.300. The number of rotatable bonds is 4. The number of phenolic OH excluding ortho intramolecular Hbond substituents is 1. The van der Waals surface area contributed by atoms with Crippen LogP contribution < -0.4 is 5.32 Å². The van der Waals surface area contributed by atoms with Crippen molar-refractivity contribution in [1.82, 2.24) is 5.32 Å². The molecule has 1 amide bonds. The lowest BCUT2D eigenvalue weighted by molar-refractivity contribution is 0.0953. The predicted octanol–water partition coefficient (Wildman–Crippen LogP) is 2.36. The first kappa shape index (κ1) is 12.6. The van der Waals surface area contributed by atoms with E-state index >= 15 is 0 Å². The van der Waals surface area contributed by atoms with Crippen molar-refractivity contribution in [2.24, 2.45) is 0 Å². The second kappa shape index (κ2) is 6.17. The number of amides is 1. The minimum absolute atomic E-state index is 0.126. The van der Waals surface area contributed by atoms with Crippen LogP contribution in [0.2, 0.25) is 0 Å². The van der Waals surface area contributed by atoms with Gasteiger partial charge in [0, 0.05) is 18.0 Å². The number of phenols is 1. The monoisotopic (exact) mass is 339 g/mol. The summed E-state index contributed by atoms with van der Waals surface area (Å²) in [6.07, 6.45) is 0.740. The Hall–Kier alpha value is -0.490. The summed E-state index contributed by atoms with van der Waals surface area (Å²) in [5, 5.41) is 12.1. The molecule has 0 heterocycles. The highest BCUT2D eigenvalue weighted by Crippen LogP contribution is 2.20. The van der Waals surface area contributed by atoms with Gasteiger partial charge in [-0.05, 0) is 47.2 Å². The van der Waals surface area contributed by atoms with Gasteiger partial charge in [-0.15, -0.1) is 11.6 Å². The number of hydrogen-bond donors (Lipinski definition) is 2. The first-order valence-electron chi connectivity index (χ1n) is 4.48. The molecule has 1 aromatic carbocycles. The number of halogens is 2. The number of nitrogens with one attached hydrogen (secondary N) is 1. The zero-order valence-corrected chi connectivity index (χ0v) is 10.9. The molecule has 15 heavy (non-hydrogen) atoms. The second-order valence-electron chi connectivity index (χ2n) is 2.96. The Morgan fingerprint density at radius 1 is 1.53 bits per heavy atom. The Labute approximate surface area is 107 Å². The molecule has 0 radical (unpaired) electrons. The topological polar surface area (TPSA) is 49.3 Å². The van der Waals surface area contributed by atoms with Gasteiger partial charge in [-0.3, -0.25) is 4.79 Å². The van der Waals surface area contributed by atoms with Gasteiger partial charge < -0.3 is 10.4 Å². The van der Waals surface area contributed by atoms with E-state index in [0.29, 0.717) is 18.0 Å². The lowest BCUT2D eigenvalue weighted by atomic mass is 10.2. The SMILES string of the molecule is O=C(NCCCCl)c1ccc(I)c(O)c1. The number of carbonyl (C=O) groups is 1. The smallest absolute Gasteiger partial charge is 0.251 e. The molecule has 0 fully saturated rings. The van der Waals surface area contributed by atoms with Crippen LogP contribution in [0.25, 0.3) is 0 Å². The second-order valence-corrected chi connectivity index (χ2v) is 4.50. The molecule has 0 atom stereocenters. The quantitative estimate of drug-likeness (QED) is 0.503. The number of hydrogen-bond acceptors (Lipinski definition) is 2. The molecule has 3 nitrogen and oxygen atoms in total. The van der Waals surface area contributed by atoms with Crippen LogP contribution in [-0.2, 0) is 0 Å². The van der Waals surface area contributed by atoms with E-state index in [1.165, 1.54) is 6.07 Å². The van der Waals surface area contributed by atoms with Crippen LogP contribution in [0.4, 0.5) is 0 Å². The molecule has 0 aliphatic rings. The maximum Gasteiger partial charge on any atom is 0.251 e. The van der Waals surface area contributed by atoms with Crippen molar-refractivity contribution in [3.63, 3.8) is 0 Å². The van der Waals surface area contributed by atoms with Crippen LogP contribution in [0.1, 0.15) is 16.8 Å². The molecule has 0 saturated carbocycles. The van der Waals surface area contributed by atoms with Gasteiger partial charge in [-0.1, -0.05) is 0 Å². The van der Waals surface area contributed by atoms with Gasteiger partial charge >= 0.3 is 0 Å². The molecule has 0 spiro atoms. The van der Waals surface area contributed by atoms with Crippen LogP contribution in [-0.4, -0.2) is 23.4 Å². The summed E-state index contributed by atoms with van der Waals surface area (Å²) in [4.78, 5) is 11.5. The first-order valence-corrected chi connectivity index (χ1v) is 6.09. The third-order valence-corrected chi connectivity index (χ3v) is 2.98. The molecule has 0 saturated heterocycles. The molecule has 0 aliphatic heterocycles. The summed E-state index contributed by atoms with van der Waals surface area (Å²) in [5.41, 5.74) is 0.461. The number of benzene rings is 1. The Kier molecular flexibility index (Phi) is 5.17. The fourth-order valence-corrected chi connectivity index (χ4v) is 1.49. The van der Waals surface area contributed by atoms with E-state index in [9.17, 15) is 9.90 Å². The number of aromatic hydroxyl groups is 1. The maximum atomic E-state index is 11.5. The molecular weight excluding hydrogens is 328 g/mol. The van der Waals surface area contributed by atoms with Crippen molar-refractivity contribution in [3.05, 3.63) is 27.3 Å². The van der Waals surface area contributed by atoms with E-state index in [1.807, 2.05) is 22.6 Å². The van der Waals surface area contributed by atoms with Crippen molar-refractivity contribution < 1.29 is 9.90 Å².